The molecule has 1 aromatic rings. The number of hydrogen-bond acceptors (Lipinski definition) is 7. The van der Waals surface area contributed by atoms with Crippen LogP contribution in [-0.4, -0.2) is 69.5 Å². The van der Waals surface area contributed by atoms with Gasteiger partial charge < -0.3 is 28.4 Å². The molecule has 0 radical (unpaired) electrons. The van der Waals surface area contributed by atoms with Crippen LogP contribution in [0.15, 0.2) is 42.0 Å². The van der Waals surface area contributed by atoms with Gasteiger partial charge in [-0.1, -0.05) is 23.8 Å². The average Bonchev–Trinajstić information content (AvgIpc) is 3.75. The van der Waals surface area contributed by atoms with Crippen molar-refractivity contribution in [3.63, 3.8) is 0 Å². The fourth-order valence-corrected chi connectivity index (χ4v) is 5.34. The van der Waals surface area contributed by atoms with Gasteiger partial charge in [-0.25, -0.2) is 4.79 Å². The maximum absolute atomic E-state index is 12.7. The van der Waals surface area contributed by atoms with E-state index < -0.39 is 0 Å². The first-order chi connectivity index (χ1) is 16.8. The Kier molecular flexibility index (Phi) is 8.01. The molecule has 2 unspecified atom stereocenters. The highest BCUT2D eigenvalue weighted by Gasteiger charge is 2.72. The van der Waals surface area contributed by atoms with Crippen molar-refractivity contribution in [1.29, 1.82) is 0 Å². The monoisotopic (exact) mass is 486 g/mol. The molecule has 1 saturated carbocycles. The van der Waals surface area contributed by atoms with E-state index in [4.69, 9.17) is 28.4 Å². The van der Waals surface area contributed by atoms with E-state index >= 15 is 0 Å². The van der Waals surface area contributed by atoms with E-state index in [0.717, 1.165) is 24.2 Å². The van der Waals surface area contributed by atoms with Gasteiger partial charge in [0.05, 0.1) is 25.2 Å². The maximum atomic E-state index is 12.7. The summed E-state index contributed by atoms with van der Waals surface area (Å²) in [5.74, 6) is 0.386. The second-order valence-electron chi connectivity index (χ2n) is 10.1. The SMILES string of the molecule is COCCOc1ccc(/C=C/C(=O)O[C@@H]2CCC3(CO3)C([C@]3(C)O[C@H]3CC=C(C)C)[C@@H]2OC)cc1. The first kappa shape index (κ1) is 25.9. The zero-order valence-corrected chi connectivity index (χ0v) is 21.5. The third kappa shape index (κ3) is 5.97. The van der Waals surface area contributed by atoms with E-state index in [2.05, 4.69) is 26.8 Å². The lowest BCUT2D eigenvalue weighted by Gasteiger charge is -2.42. The molecule has 1 spiro atoms. The summed E-state index contributed by atoms with van der Waals surface area (Å²) in [4.78, 5) is 12.7. The van der Waals surface area contributed by atoms with Crippen molar-refractivity contribution >= 4 is 12.0 Å². The molecule has 4 rings (SSSR count). The van der Waals surface area contributed by atoms with Gasteiger partial charge in [0.25, 0.3) is 0 Å². The number of benzene rings is 1. The first-order valence-electron chi connectivity index (χ1n) is 12.4. The number of hydrogen-bond donors (Lipinski definition) is 0. The largest absolute Gasteiger partial charge is 0.491 e. The number of allylic oxidation sites excluding steroid dienone is 1. The third-order valence-electron chi connectivity index (χ3n) is 7.35. The zero-order chi connectivity index (χ0) is 25.1. The normalized spacial score (nSPS) is 33.5. The minimum atomic E-state index is -0.383. The van der Waals surface area contributed by atoms with E-state index in [1.807, 2.05) is 24.3 Å². The minimum Gasteiger partial charge on any atom is -0.491 e. The number of esters is 1. The molecule has 6 atom stereocenters. The average molecular weight is 487 g/mol. The predicted octanol–water partition coefficient (Wildman–Crippen LogP) is 4.34. The van der Waals surface area contributed by atoms with Crippen LogP contribution >= 0.6 is 0 Å². The van der Waals surface area contributed by atoms with Crippen LogP contribution in [0.3, 0.4) is 0 Å². The fraction of sp³-hybridized carbons (Fsp3) is 0.607. The topological polar surface area (TPSA) is 79.1 Å². The molecule has 35 heavy (non-hydrogen) atoms. The smallest absolute Gasteiger partial charge is 0.331 e. The summed E-state index contributed by atoms with van der Waals surface area (Å²) in [6.45, 7) is 8.07. The Morgan fingerprint density at radius 3 is 2.54 bits per heavy atom. The fourth-order valence-electron chi connectivity index (χ4n) is 5.34. The van der Waals surface area contributed by atoms with Gasteiger partial charge >= 0.3 is 5.97 Å². The van der Waals surface area contributed by atoms with Crippen LogP contribution in [-0.2, 0) is 28.5 Å². The van der Waals surface area contributed by atoms with E-state index in [1.165, 1.54) is 11.6 Å². The van der Waals surface area contributed by atoms with Crippen molar-refractivity contribution in [2.24, 2.45) is 5.92 Å². The van der Waals surface area contributed by atoms with E-state index in [0.29, 0.717) is 26.2 Å². The highest BCUT2D eigenvalue weighted by Crippen LogP contribution is 2.59. The quantitative estimate of drug-likeness (QED) is 0.151. The van der Waals surface area contributed by atoms with Gasteiger partial charge in [-0.3, -0.25) is 0 Å². The number of epoxide rings is 2. The Labute approximate surface area is 208 Å². The van der Waals surface area contributed by atoms with Crippen LogP contribution in [0.1, 0.15) is 45.6 Å². The molecule has 7 nitrogen and oxygen atoms in total. The third-order valence-corrected chi connectivity index (χ3v) is 7.35. The van der Waals surface area contributed by atoms with Crippen molar-refractivity contribution in [3.05, 3.63) is 47.6 Å². The van der Waals surface area contributed by atoms with Crippen molar-refractivity contribution in [2.45, 2.75) is 69.5 Å². The van der Waals surface area contributed by atoms with Gasteiger partial charge in [-0.2, -0.15) is 0 Å². The van der Waals surface area contributed by atoms with Crippen molar-refractivity contribution in [1.82, 2.24) is 0 Å². The molecule has 3 aliphatic rings. The van der Waals surface area contributed by atoms with Crippen molar-refractivity contribution < 1.29 is 33.2 Å². The second-order valence-corrected chi connectivity index (χ2v) is 10.1. The van der Waals surface area contributed by atoms with Crippen LogP contribution in [0.25, 0.3) is 6.08 Å². The Bertz CT molecular complexity index is 929. The highest BCUT2D eigenvalue weighted by atomic mass is 16.6. The predicted molar refractivity (Wildman–Crippen MR) is 132 cm³/mol. The maximum Gasteiger partial charge on any atom is 0.331 e. The zero-order valence-electron chi connectivity index (χ0n) is 21.5. The van der Waals surface area contributed by atoms with Gasteiger partial charge in [0.1, 0.15) is 35.8 Å². The molecular weight excluding hydrogens is 448 g/mol. The molecule has 1 aliphatic carbocycles. The van der Waals surface area contributed by atoms with Crippen LogP contribution in [0, 0.1) is 5.92 Å². The number of carbonyl (C=O) groups is 1. The summed E-state index contributed by atoms with van der Waals surface area (Å²) in [6.07, 6.45) is 7.31. The van der Waals surface area contributed by atoms with E-state index in [9.17, 15) is 4.79 Å². The summed E-state index contributed by atoms with van der Waals surface area (Å²) >= 11 is 0. The molecule has 3 fully saturated rings. The molecule has 0 bridgehead atoms. The van der Waals surface area contributed by atoms with Gasteiger partial charge in [-0.15, -0.1) is 0 Å². The molecule has 2 aliphatic heterocycles. The first-order valence-corrected chi connectivity index (χ1v) is 12.4. The highest BCUT2D eigenvalue weighted by molar-refractivity contribution is 5.87. The van der Waals surface area contributed by atoms with Crippen molar-refractivity contribution in [2.75, 3.05) is 34.0 Å². The van der Waals surface area contributed by atoms with Gasteiger partial charge in [0.15, 0.2) is 0 Å². The lowest BCUT2D eigenvalue weighted by atomic mass is 9.68. The summed E-state index contributed by atoms with van der Waals surface area (Å²) in [5, 5.41) is 0. The van der Waals surface area contributed by atoms with Gasteiger partial charge in [0.2, 0.25) is 0 Å². The molecule has 1 aromatic carbocycles. The van der Waals surface area contributed by atoms with E-state index in [-0.39, 0.29) is 41.4 Å². The molecule has 7 heteroatoms. The van der Waals surface area contributed by atoms with Gasteiger partial charge in [-0.05, 0) is 63.8 Å². The Balaban J connectivity index is 1.37. The molecular formula is C28H38O7. The van der Waals surface area contributed by atoms with Crippen LogP contribution in [0.4, 0.5) is 0 Å². The van der Waals surface area contributed by atoms with Crippen LogP contribution < -0.4 is 4.74 Å². The summed E-state index contributed by atoms with van der Waals surface area (Å²) in [6, 6.07) is 7.52. The lowest BCUT2D eigenvalue weighted by molar-refractivity contribution is -0.166. The number of carbonyl (C=O) groups excluding carboxylic acids is 1. The molecule has 0 aromatic heterocycles. The second kappa shape index (κ2) is 10.8. The lowest BCUT2D eigenvalue weighted by Crippen LogP contribution is -2.55. The molecule has 0 amide bonds. The summed E-state index contributed by atoms with van der Waals surface area (Å²) in [7, 11) is 3.32. The molecule has 0 N–H and O–H groups in total. The van der Waals surface area contributed by atoms with Crippen molar-refractivity contribution in [3.8, 4) is 5.75 Å². The Hall–Kier alpha value is -2.19. The van der Waals surface area contributed by atoms with Gasteiger partial charge in [0, 0.05) is 20.3 Å². The van der Waals surface area contributed by atoms with E-state index in [1.54, 1.807) is 20.3 Å². The Morgan fingerprint density at radius 1 is 1.17 bits per heavy atom. The standard InChI is InChI=1S/C28H38O7/c1-19(2)6-12-23-27(3,35-23)26-25(31-5)22(14-15-28(26)18-33-28)34-24(29)13-9-20-7-10-21(11-8-20)32-17-16-30-4/h6-11,13,22-23,25-26H,12,14-18H2,1-5H3/b13-9+/t22-,23+,25-,26?,27-,28?/m1/s1. The Morgan fingerprint density at radius 2 is 1.91 bits per heavy atom. The summed E-state index contributed by atoms with van der Waals surface area (Å²) in [5.41, 5.74) is 1.58. The minimum absolute atomic E-state index is 0.0109. The van der Waals surface area contributed by atoms with Crippen LogP contribution in [0.2, 0.25) is 0 Å². The number of rotatable bonds is 11. The molecule has 2 heterocycles. The number of methoxy groups -OCH3 is 2. The molecule has 192 valence electrons. The summed E-state index contributed by atoms with van der Waals surface area (Å²) < 4.78 is 34.6. The van der Waals surface area contributed by atoms with Crippen LogP contribution in [0.5, 0.6) is 5.75 Å². The number of ether oxygens (including phenoxy) is 6. The molecule has 2 saturated heterocycles.